The molecule has 0 saturated heterocycles. The molecule has 1 aliphatic rings. The number of aliphatic hydroxyl groups is 1. The minimum Gasteiger partial charge on any atom is -0.394 e. The average Bonchev–Trinajstić information content (AvgIpc) is 3.03. The summed E-state index contributed by atoms with van der Waals surface area (Å²) in [5, 5.41) is 9.93. The van der Waals surface area contributed by atoms with Crippen LogP contribution < -0.4 is 5.56 Å². The molecule has 0 aliphatic carbocycles. The van der Waals surface area contributed by atoms with Crippen LogP contribution in [0.2, 0.25) is 0 Å². The van der Waals surface area contributed by atoms with Gasteiger partial charge in [0.25, 0.3) is 5.56 Å². The Morgan fingerprint density at radius 1 is 1.20 bits per heavy atom. The van der Waals surface area contributed by atoms with E-state index in [9.17, 15) is 14.3 Å². The van der Waals surface area contributed by atoms with Gasteiger partial charge in [-0.1, -0.05) is 17.9 Å². The molecule has 0 saturated carbocycles. The topological polar surface area (TPSA) is 55.1 Å². The molecular weight excluding hydrogens is 319 g/mol. The Labute approximate surface area is 143 Å². The highest BCUT2D eigenvalue weighted by Crippen LogP contribution is 2.23. The van der Waals surface area contributed by atoms with Crippen LogP contribution in [-0.2, 0) is 6.42 Å². The van der Waals surface area contributed by atoms with Crippen LogP contribution >= 0.6 is 0 Å². The molecule has 1 unspecified atom stereocenters. The maximum Gasteiger partial charge on any atom is 0.261 e. The van der Waals surface area contributed by atoms with Gasteiger partial charge < -0.3 is 5.11 Å². The van der Waals surface area contributed by atoms with Gasteiger partial charge in [-0.15, -0.1) is 0 Å². The number of halogens is 1. The van der Waals surface area contributed by atoms with E-state index in [0.29, 0.717) is 34.3 Å². The molecule has 0 radical (unpaired) electrons. The Morgan fingerprint density at radius 3 is 2.76 bits per heavy atom. The Bertz CT molecular complexity index is 1090. The van der Waals surface area contributed by atoms with Crippen LogP contribution in [0, 0.1) is 17.7 Å². The predicted molar refractivity (Wildman–Crippen MR) is 92.8 cm³/mol. The predicted octanol–water partition coefficient (Wildman–Crippen LogP) is 2.42. The van der Waals surface area contributed by atoms with Crippen molar-refractivity contribution in [2.75, 3.05) is 6.61 Å². The van der Waals surface area contributed by atoms with Gasteiger partial charge in [0.05, 0.1) is 23.6 Å². The van der Waals surface area contributed by atoms with E-state index in [2.05, 4.69) is 16.8 Å². The highest BCUT2D eigenvalue weighted by molar-refractivity contribution is 5.79. The van der Waals surface area contributed by atoms with E-state index < -0.39 is 0 Å². The smallest absolute Gasteiger partial charge is 0.261 e. The summed E-state index contributed by atoms with van der Waals surface area (Å²) in [7, 11) is 0. The maximum absolute atomic E-state index is 13.2. The lowest BCUT2D eigenvalue weighted by molar-refractivity contribution is 0.231. The summed E-state index contributed by atoms with van der Waals surface area (Å²) in [4.78, 5) is 17.2. The molecule has 1 aliphatic heterocycles. The van der Waals surface area contributed by atoms with Crippen LogP contribution in [0.4, 0.5) is 4.39 Å². The number of aryl methyl sites for hydroxylation is 1. The van der Waals surface area contributed by atoms with Gasteiger partial charge in [0, 0.05) is 17.5 Å². The van der Waals surface area contributed by atoms with E-state index in [0.717, 1.165) is 6.42 Å². The summed E-state index contributed by atoms with van der Waals surface area (Å²) in [6, 6.07) is 11.2. The van der Waals surface area contributed by atoms with Gasteiger partial charge in [-0.25, -0.2) is 9.37 Å². The Kier molecular flexibility index (Phi) is 3.83. The Morgan fingerprint density at radius 2 is 2.00 bits per heavy atom. The summed E-state index contributed by atoms with van der Waals surface area (Å²) in [5.74, 6) is 6.27. The van der Waals surface area contributed by atoms with Crippen molar-refractivity contribution < 1.29 is 9.50 Å². The fourth-order valence-electron chi connectivity index (χ4n) is 3.18. The Hall–Kier alpha value is -2.97. The number of hydrogen-bond donors (Lipinski definition) is 1. The first kappa shape index (κ1) is 15.6. The molecule has 1 aromatic heterocycles. The molecule has 5 heteroatoms. The third-order valence-corrected chi connectivity index (χ3v) is 4.43. The minimum atomic E-state index is -0.325. The maximum atomic E-state index is 13.2. The van der Waals surface area contributed by atoms with Crippen LogP contribution in [0.5, 0.6) is 0 Å². The van der Waals surface area contributed by atoms with E-state index >= 15 is 0 Å². The number of fused-ring (bicyclic) bond motifs is 2. The third kappa shape index (κ3) is 2.81. The first-order valence-corrected chi connectivity index (χ1v) is 8.09. The van der Waals surface area contributed by atoms with Crippen molar-refractivity contribution in [2.24, 2.45) is 0 Å². The third-order valence-electron chi connectivity index (χ3n) is 4.43. The summed E-state index contributed by atoms with van der Waals surface area (Å²) in [6.07, 6.45) is 1.40. The van der Waals surface area contributed by atoms with Crippen LogP contribution in [0.3, 0.4) is 0 Å². The van der Waals surface area contributed by atoms with Gasteiger partial charge in [0.15, 0.2) is 0 Å². The van der Waals surface area contributed by atoms with Crippen molar-refractivity contribution >= 4 is 10.9 Å². The lowest BCUT2D eigenvalue weighted by Gasteiger charge is -2.11. The molecule has 0 spiro atoms. The van der Waals surface area contributed by atoms with Gasteiger partial charge >= 0.3 is 0 Å². The second kappa shape index (κ2) is 6.15. The number of hydrogen-bond acceptors (Lipinski definition) is 3. The number of rotatable bonds is 1. The molecule has 1 atom stereocenters. The zero-order valence-corrected chi connectivity index (χ0v) is 13.4. The summed E-state index contributed by atoms with van der Waals surface area (Å²) >= 11 is 0. The number of nitrogens with zero attached hydrogens (tertiary/aromatic N) is 2. The van der Waals surface area contributed by atoms with Crippen molar-refractivity contribution in [3.63, 3.8) is 0 Å². The standard InChI is InChI=1S/C20H15FN2O2/c21-15-3-1-2-13(10-15)4-5-14-6-8-17-18(11-14)22-19-9-7-16(12-24)23(19)20(17)25/h1-3,6,8,10-11,16,24H,7,9,12H2. The second-order valence-electron chi connectivity index (χ2n) is 6.07. The SMILES string of the molecule is O=c1c2ccc(C#Cc3cccc(F)c3)cc2nc2n1C(CO)CC2. The molecule has 4 nitrogen and oxygen atoms in total. The number of aromatic nitrogens is 2. The first-order valence-electron chi connectivity index (χ1n) is 8.09. The Balaban J connectivity index is 1.77. The van der Waals surface area contributed by atoms with Gasteiger partial charge in [-0.05, 0) is 42.8 Å². The highest BCUT2D eigenvalue weighted by Gasteiger charge is 2.24. The fraction of sp³-hybridized carbons (Fsp3) is 0.200. The largest absolute Gasteiger partial charge is 0.394 e. The fourth-order valence-corrected chi connectivity index (χ4v) is 3.18. The van der Waals surface area contributed by atoms with Gasteiger partial charge in [-0.2, -0.15) is 0 Å². The van der Waals surface area contributed by atoms with Crippen LogP contribution in [0.15, 0.2) is 47.3 Å². The van der Waals surface area contributed by atoms with E-state index in [-0.39, 0.29) is 24.0 Å². The molecule has 4 rings (SSSR count). The number of aliphatic hydroxyl groups excluding tert-OH is 1. The molecule has 0 fully saturated rings. The monoisotopic (exact) mass is 334 g/mol. The van der Waals surface area contributed by atoms with E-state index in [1.807, 2.05) is 0 Å². The van der Waals surface area contributed by atoms with Crippen LogP contribution in [0.1, 0.15) is 29.4 Å². The molecule has 0 bridgehead atoms. The van der Waals surface area contributed by atoms with Crippen molar-refractivity contribution in [3.05, 3.63) is 75.6 Å². The van der Waals surface area contributed by atoms with Crippen molar-refractivity contribution in [3.8, 4) is 11.8 Å². The minimum absolute atomic E-state index is 0.0582. The highest BCUT2D eigenvalue weighted by atomic mass is 19.1. The van der Waals surface area contributed by atoms with Crippen LogP contribution in [-0.4, -0.2) is 21.3 Å². The number of benzene rings is 2. The summed E-state index contributed by atoms with van der Waals surface area (Å²) < 4.78 is 14.8. The lowest BCUT2D eigenvalue weighted by atomic mass is 10.1. The lowest BCUT2D eigenvalue weighted by Crippen LogP contribution is -2.26. The zero-order chi connectivity index (χ0) is 17.4. The van der Waals surface area contributed by atoms with Crippen LogP contribution in [0.25, 0.3) is 10.9 Å². The average molecular weight is 334 g/mol. The molecule has 3 aromatic rings. The summed E-state index contributed by atoms with van der Waals surface area (Å²) in [6.45, 7) is -0.0582. The van der Waals surface area contributed by atoms with Crippen molar-refractivity contribution in [2.45, 2.75) is 18.9 Å². The second-order valence-corrected chi connectivity index (χ2v) is 6.07. The van der Waals surface area contributed by atoms with Gasteiger partial charge in [-0.3, -0.25) is 9.36 Å². The molecule has 2 heterocycles. The normalized spacial score (nSPS) is 15.7. The van der Waals surface area contributed by atoms with Crippen molar-refractivity contribution in [1.82, 2.24) is 9.55 Å². The van der Waals surface area contributed by atoms with E-state index in [4.69, 9.17) is 0 Å². The van der Waals surface area contributed by atoms with Crippen molar-refractivity contribution in [1.29, 1.82) is 0 Å². The molecule has 124 valence electrons. The molecule has 2 aromatic carbocycles. The first-order chi connectivity index (χ1) is 12.2. The molecular formula is C20H15FN2O2. The molecule has 0 amide bonds. The van der Waals surface area contributed by atoms with E-state index in [1.54, 1.807) is 34.9 Å². The zero-order valence-electron chi connectivity index (χ0n) is 13.4. The molecule has 1 N–H and O–H groups in total. The molecule has 25 heavy (non-hydrogen) atoms. The van der Waals surface area contributed by atoms with Gasteiger partial charge in [0.1, 0.15) is 11.6 Å². The van der Waals surface area contributed by atoms with E-state index in [1.165, 1.54) is 12.1 Å². The van der Waals surface area contributed by atoms with Gasteiger partial charge in [0.2, 0.25) is 0 Å². The summed E-state index contributed by atoms with van der Waals surface area (Å²) in [5.41, 5.74) is 1.78. The quantitative estimate of drug-likeness (QED) is 0.696.